The Kier molecular flexibility index (Phi) is 5.89. The standard InChI is InChI=1S/C10H27N3Si/c1-7-11-14(12-8-2,13-9-3)10(4,5)6/h11-13H,7-9H2,1-6H3. The molecule has 0 unspecified atom stereocenters. The van der Waals surface area contributed by atoms with Crippen molar-refractivity contribution in [3.05, 3.63) is 0 Å². The average molecular weight is 217 g/mol. The second-order valence-electron chi connectivity index (χ2n) is 4.59. The molecule has 0 amide bonds. The van der Waals surface area contributed by atoms with E-state index in [0.29, 0.717) is 0 Å². The summed E-state index contributed by atoms with van der Waals surface area (Å²) in [6, 6.07) is 0. The highest BCUT2D eigenvalue weighted by molar-refractivity contribution is 6.75. The van der Waals surface area contributed by atoms with Crippen molar-refractivity contribution in [3.8, 4) is 0 Å². The molecule has 0 aromatic rings. The summed E-state index contributed by atoms with van der Waals surface area (Å²) in [5.74, 6) is 0. The van der Waals surface area contributed by atoms with Gasteiger partial charge < -0.3 is 14.9 Å². The molecule has 14 heavy (non-hydrogen) atoms. The van der Waals surface area contributed by atoms with Crippen LogP contribution in [0.4, 0.5) is 0 Å². The maximum Gasteiger partial charge on any atom is 0.286 e. The van der Waals surface area contributed by atoms with Crippen molar-refractivity contribution in [2.24, 2.45) is 0 Å². The maximum absolute atomic E-state index is 3.65. The average Bonchev–Trinajstić information content (AvgIpc) is 2.03. The molecule has 0 saturated heterocycles. The molecule has 0 atom stereocenters. The van der Waals surface area contributed by atoms with Crippen molar-refractivity contribution in [2.75, 3.05) is 19.6 Å². The van der Waals surface area contributed by atoms with Crippen LogP contribution in [0, 0.1) is 0 Å². The smallest absolute Gasteiger partial charge is 0.286 e. The third-order valence-corrected chi connectivity index (χ3v) is 7.35. The highest BCUT2D eigenvalue weighted by atomic mass is 28.4. The minimum Gasteiger partial charge on any atom is -0.313 e. The van der Waals surface area contributed by atoms with Crippen LogP contribution in [0.3, 0.4) is 0 Å². The van der Waals surface area contributed by atoms with Gasteiger partial charge in [-0.2, -0.15) is 0 Å². The van der Waals surface area contributed by atoms with Gasteiger partial charge in [-0.15, -0.1) is 0 Å². The van der Waals surface area contributed by atoms with Gasteiger partial charge in [-0.25, -0.2) is 0 Å². The van der Waals surface area contributed by atoms with Crippen LogP contribution in [-0.2, 0) is 0 Å². The van der Waals surface area contributed by atoms with Crippen molar-refractivity contribution < 1.29 is 0 Å². The molecule has 0 aromatic heterocycles. The topological polar surface area (TPSA) is 36.1 Å². The first-order valence-corrected chi connectivity index (χ1v) is 7.68. The first-order valence-electron chi connectivity index (χ1n) is 5.68. The summed E-state index contributed by atoms with van der Waals surface area (Å²) >= 11 is 0. The zero-order valence-electron chi connectivity index (χ0n) is 10.6. The Bertz CT molecular complexity index is 137. The number of hydrogen-bond donors (Lipinski definition) is 3. The quantitative estimate of drug-likeness (QED) is 0.591. The predicted octanol–water partition coefficient (Wildman–Crippen LogP) is 1.55. The molecule has 0 fully saturated rings. The summed E-state index contributed by atoms with van der Waals surface area (Å²) in [6.45, 7) is 16.5. The second-order valence-corrected chi connectivity index (χ2v) is 8.65. The first kappa shape index (κ1) is 14.1. The highest BCUT2D eigenvalue weighted by Crippen LogP contribution is 2.30. The van der Waals surface area contributed by atoms with E-state index in [0.717, 1.165) is 19.6 Å². The van der Waals surface area contributed by atoms with Crippen molar-refractivity contribution in [2.45, 2.75) is 46.6 Å². The summed E-state index contributed by atoms with van der Waals surface area (Å²) in [5.41, 5.74) is 0. The predicted molar refractivity (Wildman–Crippen MR) is 66.5 cm³/mol. The largest absolute Gasteiger partial charge is 0.313 e. The van der Waals surface area contributed by atoms with E-state index in [1.807, 2.05) is 0 Å². The van der Waals surface area contributed by atoms with Gasteiger partial charge in [-0.05, 0) is 24.7 Å². The lowest BCUT2D eigenvalue weighted by molar-refractivity contribution is 0.608. The van der Waals surface area contributed by atoms with Crippen LogP contribution in [0.15, 0.2) is 0 Å². The lowest BCUT2D eigenvalue weighted by atomic mass is 10.3. The van der Waals surface area contributed by atoms with Gasteiger partial charge in [0.05, 0.1) is 0 Å². The van der Waals surface area contributed by atoms with Crippen LogP contribution in [0.5, 0.6) is 0 Å². The monoisotopic (exact) mass is 217 g/mol. The van der Waals surface area contributed by atoms with Crippen molar-refractivity contribution in [3.63, 3.8) is 0 Å². The van der Waals surface area contributed by atoms with Gasteiger partial charge >= 0.3 is 0 Å². The zero-order valence-corrected chi connectivity index (χ0v) is 11.6. The Morgan fingerprint density at radius 1 is 0.786 bits per heavy atom. The van der Waals surface area contributed by atoms with Gasteiger partial charge in [-0.1, -0.05) is 41.5 Å². The van der Waals surface area contributed by atoms with Gasteiger partial charge in [0.15, 0.2) is 0 Å². The lowest BCUT2D eigenvalue weighted by Crippen LogP contribution is -2.76. The van der Waals surface area contributed by atoms with Crippen molar-refractivity contribution in [1.29, 1.82) is 0 Å². The molecule has 0 aliphatic rings. The molecule has 0 heterocycles. The Hall–Kier alpha value is 0.0969. The molecule has 86 valence electrons. The number of nitrogens with one attached hydrogen (secondary N) is 3. The summed E-state index contributed by atoms with van der Waals surface area (Å²) in [7, 11) is -1.75. The van der Waals surface area contributed by atoms with Gasteiger partial charge in [0.1, 0.15) is 0 Å². The fourth-order valence-corrected chi connectivity index (χ4v) is 5.34. The Morgan fingerprint density at radius 2 is 1.07 bits per heavy atom. The number of hydrogen-bond acceptors (Lipinski definition) is 3. The summed E-state index contributed by atoms with van der Waals surface area (Å²) in [4.78, 5) is 11.0. The maximum atomic E-state index is 3.65. The van der Waals surface area contributed by atoms with Crippen molar-refractivity contribution >= 4 is 8.56 Å². The SMILES string of the molecule is CCN[Si](NCC)(NCC)C(C)(C)C. The summed E-state index contributed by atoms with van der Waals surface area (Å²) in [5, 5.41) is 0.273. The summed E-state index contributed by atoms with van der Waals surface area (Å²) < 4.78 is 0. The van der Waals surface area contributed by atoms with Gasteiger partial charge in [0.25, 0.3) is 8.56 Å². The van der Waals surface area contributed by atoms with Gasteiger partial charge in [0.2, 0.25) is 0 Å². The molecule has 3 nitrogen and oxygen atoms in total. The van der Waals surface area contributed by atoms with Crippen LogP contribution in [0.25, 0.3) is 0 Å². The highest BCUT2D eigenvalue weighted by Gasteiger charge is 2.44. The number of rotatable bonds is 6. The third kappa shape index (κ3) is 3.35. The summed E-state index contributed by atoms with van der Waals surface area (Å²) in [6.07, 6.45) is 0. The van der Waals surface area contributed by atoms with Crippen LogP contribution in [0.1, 0.15) is 41.5 Å². The van der Waals surface area contributed by atoms with E-state index in [2.05, 4.69) is 56.5 Å². The van der Waals surface area contributed by atoms with Gasteiger partial charge in [-0.3, -0.25) is 0 Å². The molecule has 0 saturated carbocycles. The Labute approximate surface area is 90.3 Å². The van der Waals surface area contributed by atoms with E-state index in [9.17, 15) is 0 Å². The molecule has 0 aromatic carbocycles. The van der Waals surface area contributed by atoms with E-state index >= 15 is 0 Å². The molecule has 4 heteroatoms. The van der Waals surface area contributed by atoms with E-state index in [1.54, 1.807) is 0 Å². The van der Waals surface area contributed by atoms with Gasteiger partial charge in [0, 0.05) is 0 Å². The Balaban J connectivity index is 4.73. The lowest BCUT2D eigenvalue weighted by Gasteiger charge is -2.43. The van der Waals surface area contributed by atoms with Crippen LogP contribution < -0.4 is 14.9 Å². The fourth-order valence-electron chi connectivity index (χ4n) is 1.78. The normalized spacial score (nSPS) is 13.3. The molecule has 0 rings (SSSR count). The van der Waals surface area contributed by atoms with E-state index < -0.39 is 8.56 Å². The molecule has 0 bridgehead atoms. The van der Waals surface area contributed by atoms with Crippen molar-refractivity contribution in [1.82, 2.24) is 14.9 Å². The molecular weight excluding hydrogens is 190 g/mol. The minimum absolute atomic E-state index is 0.273. The van der Waals surface area contributed by atoms with Crippen LogP contribution in [0.2, 0.25) is 5.04 Å². The van der Waals surface area contributed by atoms with Crippen LogP contribution >= 0.6 is 0 Å². The molecule has 3 N–H and O–H groups in total. The van der Waals surface area contributed by atoms with Crippen LogP contribution in [-0.4, -0.2) is 28.2 Å². The molecule has 0 aliphatic heterocycles. The fraction of sp³-hybridized carbons (Fsp3) is 1.00. The minimum atomic E-state index is -1.75. The molecule has 0 aliphatic carbocycles. The third-order valence-electron chi connectivity index (χ3n) is 2.45. The van der Waals surface area contributed by atoms with E-state index in [-0.39, 0.29) is 5.04 Å². The first-order chi connectivity index (χ1) is 6.43. The molecule has 0 radical (unpaired) electrons. The Morgan fingerprint density at radius 3 is 1.21 bits per heavy atom. The molecular formula is C10H27N3Si. The molecule has 0 spiro atoms. The van der Waals surface area contributed by atoms with E-state index in [4.69, 9.17) is 0 Å². The second kappa shape index (κ2) is 5.85. The van der Waals surface area contributed by atoms with E-state index in [1.165, 1.54) is 0 Å². The zero-order chi connectivity index (χ0) is 11.2.